The number of halogens is 1. The number of pyridine rings is 1. The predicted octanol–water partition coefficient (Wildman–Crippen LogP) is 4.37. The summed E-state index contributed by atoms with van der Waals surface area (Å²) in [6, 6.07) is 9.16. The number of aromatic nitrogens is 1. The van der Waals surface area contributed by atoms with Crippen LogP contribution in [-0.2, 0) is 5.41 Å². The molecule has 0 saturated heterocycles. The molecule has 110 valence electrons. The van der Waals surface area contributed by atoms with Gasteiger partial charge in [0.15, 0.2) is 0 Å². The molecule has 0 atom stereocenters. The van der Waals surface area contributed by atoms with Crippen molar-refractivity contribution in [1.29, 1.82) is 0 Å². The maximum absolute atomic E-state index is 12.9. The highest BCUT2D eigenvalue weighted by Gasteiger charge is 2.19. The number of carboxylic acid groups (broad SMARTS) is 1. The molecule has 2 rings (SSSR count). The van der Waals surface area contributed by atoms with Gasteiger partial charge in [0.2, 0.25) is 0 Å². The molecule has 0 unspecified atom stereocenters. The van der Waals surface area contributed by atoms with Crippen LogP contribution in [0.4, 0.5) is 4.39 Å². The highest BCUT2D eigenvalue weighted by molar-refractivity contribution is 7.99. The van der Waals surface area contributed by atoms with E-state index in [2.05, 4.69) is 4.98 Å². The zero-order valence-electron chi connectivity index (χ0n) is 12.1. The lowest BCUT2D eigenvalue weighted by atomic mass is 9.91. The molecule has 0 saturated carbocycles. The average molecular weight is 305 g/mol. The second kappa shape index (κ2) is 5.85. The van der Waals surface area contributed by atoms with E-state index in [1.807, 2.05) is 20.8 Å². The summed E-state index contributed by atoms with van der Waals surface area (Å²) < 4.78 is 12.9. The molecular formula is C16H16FNO2S. The number of carboxylic acids is 1. The summed E-state index contributed by atoms with van der Waals surface area (Å²) in [6.07, 6.45) is 0. The molecule has 0 amide bonds. The lowest BCUT2D eigenvalue weighted by Crippen LogP contribution is -2.15. The molecule has 0 bridgehead atoms. The van der Waals surface area contributed by atoms with Gasteiger partial charge >= 0.3 is 5.97 Å². The third kappa shape index (κ3) is 4.04. The first-order chi connectivity index (χ1) is 9.75. The molecule has 0 fully saturated rings. The Morgan fingerprint density at radius 1 is 1.19 bits per heavy atom. The lowest BCUT2D eigenvalue weighted by molar-refractivity contribution is 0.0696. The first-order valence-corrected chi connectivity index (χ1v) is 7.26. The average Bonchev–Trinajstić information content (AvgIpc) is 2.40. The lowest BCUT2D eigenvalue weighted by Gasteiger charge is -2.19. The van der Waals surface area contributed by atoms with Gasteiger partial charge in [0, 0.05) is 16.0 Å². The van der Waals surface area contributed by atoms with Crippen molar-refractivity contribution < 1.29 is 14.3 Å². The molecule has 0 aliphatic rings. The molecule has 1 aromatic carbocycles. The fourth-order valence-electron chi connectivity index (χ4n) is 1.69. The number of nitrogens with zero attached hydrogens (tertiary/aromatic N) is 1. The minimum Gasteiger partial charge on any atom is -0.478 e. The van der Waals surface area contributed by atoms with Crippen molar-refractivity contribution in [2.75, 3.05) is 0 Å². The monoisotopic (exact) mass is 305 g/mol. The summed E-state index contributed by atoms with van der Waals surface area (Å²) in [5.74, 6) is -1.29. The number of benzene rings is 1. The molecule has 0 spiro atoms. The van der Waals surface area contributed by atoms with Crippen LogP contribution in [0.15, 0.2) is 46.3 Å². The Morgan fingerprint density at radius 2 is 1.81 bits per heavy atom. The third-order valence-electron chi connectivity index (χ3n) is 2.85. The van der Waals surface area contributed by atoms with Crippen LogP contribution in [0.1, 0.15) is 36.8 Å². The van der Waals surface area contributed by atoms with Crippen LogP contribution in [0.2, 0.25) is 0 Å². The van der Waals surface area contributed by atoms with E-state index in [9.17, 15) is 14.3 Å². The molecule has 3 nitrogen and oxygen atoms in total. The van der Waals surface area contributed by atoms with Crippen LogP contribution >= 0.6 is 11.8 Å². The van der Waals surface area contributed by atoms with Gasteiger partial charge < -0.3 is 5.11 Å². The second-order valence-corrected chi connectivity index (χ2v) is 6.78. The van der Waals surface area contributed by atoms with Gasteiger partial charge in [0.25, 0.3) is 0 Å². The Labute approximate surface area is 127 Å². The minimum atomic E-state index is -0.983. The first kappa shape index (κ1) is 15.5. The third-order valence-corrected chi connectivity index (χ3v) is 3.78. The summed E-state index contributed by atoms with van der Waals surface area (Å²) in [5, 5.41) is 9.80. The van der Waals surface area contributed by atoms with E-state index in [0.717, 1.165) is 4.90 Å². The number of hydrogen-bond donors (Lipinski definition) is 1. The van der Waals surface area contributed by atoms with Crippen LogP contribution in [-0.4, -0.2) is 16.1 Å². The number of hydrogen-bond acceptors (Lipinski definition) is 3. The molecular weight excluding hydrogens is 289 g/mol. The number of aromatic carboxylic acids is 1. The fourth-order valence-corrected chi connectivity index (χ4v) is 2.53. The Balaban J connectivity index is 2.40. The Bertz CT molecular complexity index is 663. The highest BCUT2D eigenvalue weighted by Crippen LogP contribution is 2.30. The van der Waals surface area contributed by atoms with E-state index in [1.54, 1.807) is 18.2 Å². The minimum absolute atomic E-state index is 0.208. The van der Waals surface area contributed by atoms with E-state index in [0.29, 0.717) is 10.7 Å². The summed E-state index contributed by atoms with van der Waals surface area (Å²) >= 11 is 1.32. The van der Waals surface area contributed by atoms with Crippen molar-refractivity contribution in [3.8, 4) is 0 Å². The van der Waals surface area contributed by atoms with Crippen molar-refractivity contribution in [3.05, 3.63) is 53.5 Å². The predicted molar refractivity (Wildman–Crippen MR) is 80.4 cm³/mol. The maximum Gasteiger partial charge on any atom is 0.335 e. The molecule has 1 N–H and O–H groups in total. The van der Waals surface area contributed by atoms with E-state index >= 15 is 0 Å². The van der Waals surface area contributed by atoms with Crippen molar-refractivity contribution in [2.45, 2.75) is 36.1 Å². The maximum atomic E-state index is 12.9. The van der Waals surface area contributed by atoms with Gasteiger partial charge in [-0.1, -0.05) is 32.5 Å². The molecule has 0 radical (unpaired) electrons. The van der Waals surface area contributed by atoms with E-state index in [-0.39, 0.29) is 16.8 Å². The zero-order valence-corrected chi connectivity index (χ0v) is 12.9. The van der Waals surface area contributed by atoms with E-state index < -0.39 is 5.97 Å². The molecule has 2 aromatic rings. The smallest absolute Gasteiger partial charge is 0.335 e. The van der Waals surface area contributed by atoms with Crippen LogP contribution in [0.3, 0.4) is 0 Å². The van der Waals surface area contributed by atoms with Gasteiger partial charge in [-0.25, -0.2) is 14.2 Å². The van der Waals surface area contributed by atoms with Crippen LogP contribution < -0.4 is 0 Å². The summed E-state index contributed by atoms with van der Waals surface area (Å²) in [5.41, 5.74) is 0.676. The Hall–Kier alpha value is -1.88. The standard InChI is InChI=1S/C16H16FNO2S/c1-16(2,3)13-8-10(15(19)20)9-14(18-13)21-12-6-4-11(17)5-7-12/h4-9H,1-3H3,(H,19,20). The molecule has 1 heterocycles. The molecule has 0 aliphatic heterocycles. The van der Waals surface area contributed by atoms with Crippen molar-refractivity contribution in [3.63, 3.8) is 0 Å². The van der Waals surface area contributed by atoms with E-state index in [4.69, 9.17) is 0 Å². The van der Waals surface area contributed by atoms with Crippen LogP contribution in [0.5, 0.6) is 0 Å². The van der Waals surface area contributed by atoms with Gasteiger partial charge in [-0.05, 0) is 36.4 Å². The fraction of sp³-hybridized carbons (Fsp3) is 0.250. The SMILES string of the molecule is CC(C)(C)c1cc(C(=O)O)cc(Sc2ccc(F)cc2)n1. The van der Waals surface area contributed by atoms with Gasteiger partial charge in [-0.2, -0.15) is 0 Å². The number of carbonyl (C=O) groups is 1. The normalized spacial score (nSPS) is 11.4. The largest absolute Gasteiger partial charge is 0.478 e. The van der Waals surface area contributed by atoms with Gasteiger partial charge in [0.05, 0.1) is 5.56 Å². The molecule has 5 heteroatoms. The summed E-state index contributed by atoms with van der Waals surface area (Å²) in [4.78, 5) is 16.6. The quantitative estimate of drug-likeness (QED) is 0.915. The second-order valence-electron chi connectivity index (χ2n) is 5.69. The zero-order chi connectivity index (χ0) is 15.6. The molecule has 1 aromatic heterocycles. The number of rotatable bonds is 3. The highest BCUT2D eigenvalue weighted by atomic mass is 32.2. The molecule has 0 aliphatic carbocycles. The van der Waals surface area contributed by atoms with Crippen LogP contribution in [0.25, 0.3) is 0 Å². The van der Waals surface area contributed by atoms with Crippen molar-refractivity contribution >= 4 is 17.7 Å². The van der Waals surface area contributed by atoms with Crippen LogP contribution in [0, 0.1) is 5.82 Å². The van der Waals surface area contributed by atoms with Gasteiger partial charge in [-0.3, -0.25) is 0 Å². The van der Waals surface area contributed by atoms with Gasteiger partial charge in [-0.15, -0.1) is 0 Å². The van der Waals surface area contributed by atoms with Crippen molar-refractivity contribution in [1.82, 2.24) is 4.98 Å². The summed E-state index contributed by atoms with van der Waals surface area (Å²) in [6.45, 7) is 5.94. The van der Waals surface area contributed by atoms with Crippen molar-refractivity contribution in [2.24, 2.45) is 0 Å². The molecule has 21 heavy (non-hydrogen) atoms. The van der Waals surface area contributed by atoms with E-state index in [1.165, 1.54) is 30.0 Å². The Morgan fingerprint density at radius 3 is 2.33 bits per heavy atom. The summed E-state index contributed by atoms with van der Waals surface area (Å²) in [7, 11) is 0. The topological polar surface area (TPSA) is 50.2 Å². The first-order valence-electron chi connectivity index (χ1n) is 6.45. The Kier molecular flexibility index (Phi) is 4.32. The van der Waals surface area contributed by atoms with Gasteiger partial charge in [0.1, 0.15) is 10.8 Å².